The van der Waals surface area contributed by atoms with E-state index in [9.17, 15) is 4.79 Å². The third-order valence-corrected chi connectivity index (χ3v) is 2.57. The molecular weight excluding hydrogens is 220 g/mol. The van der Waals surface area contributed by atoms with Gasteiger partial charge in [-0.05, 0) is 18.6 Å². The number of pyridine rings is 1. The molecule has 0 fully saturated rings. The number of nitrogens with zero attached hydrogens (tertiary/aromatic N) is 2. The van der Waals surface area contributed by atoms with Crippen molar-refractivity contribution in [3.63, 3.8) is 0 Å². The molecule has 1 N–H and O–H groups in total. The van der Waals surface area contributed by atoms with Crippen molar-refractivity contribution in [2.75, 3.05) is 13.7 Å². The molecule has 0 aliphatic carbocycles. The third-order valence-electron chi connectivity index (χ3n) is 2.57. The molecule has 0 radical (unpaired) electrons. The molecule has 0 aliphatic rings. The maximum Gasteiger partial charge on any atom is 0.358 e. The van der Waals surface area contributed by atoms with Gasteiger partial charge in [-0.15, -0.1) is 0 Å². The molecule has 0 bridgehead atoms. The van der Waals surface area contributed by atoms with Gasteiger partial charge in [0.05, 0.1) is 19.2 Å². The highest BCUT2D eigenvalue weighted by molar-refractivity contribution is 5.95. The number of imidazole rings is 1. The minimum atomic E-state index is -0.462. The Bertz CT molecular complexity index is 560. The molecule has 0 unspecified atom stereocenters. The molecular formula is C12H14N2O3. The minimum absolute atomic E-state index is 0.00628. The Labute approximate surface area is 98.7 Å². The van der Waals surface area contributed by atoms with Gasteiger partial charge >= 0.3 is 5.97 Å². The molecule has 17 heavy (non-hydrogen) atoms. The summed E-state index contributed by atoms with van der Waals surface area (Å²) in [6.07, 6.45) is 2.29. The molecule has 2 aromatic rings. The van der Waals surface area contributed by atoms with Gasteiger partial charge < -0.3 is 14.2 Å². The van der Waals surface area contributed by atoms with Gasteiger partial charge in [-0.25, -0.2) is 9.78 Å². The summed E-state index contributed by atoms with van der Waals surface area (Å²) in [6, 6.07) is 3.74. The molecule has 0 saturated heterocycles. The summed E-state index contributed by atoms with van der Waals surface area (Å²) in [5, 5.41) is 8.98. The number of aryl methyl sites for hydroxylation is 1. The van der Waals surface area contributed by atoms with Gasteiger partial charge in [0.15, 0.2) is 5.69 Å². The average Bonchev–Trinajstić information content (AvgIpc) is 2.67. The molecule has 2 aromatic heterocycles. The quantitative estimate of drug-likeness (QED) is 0.803. The monoisotopic (exact) mass is 234 g/mol. The van der Waals surface area contributed by atoms with Crippen molar-refractivity contribution in [1.29, 1.82) is 0 Å². The van der Waals surface area contributed by atoms with E-state index in [0.29, 0.717) is 17.8 Å². The number of aliphatic hydroxyl groups excluding tert-OH is 1. The molecule has 90 valence electrons. The van der Waals surface area contributed by atoms with Crippen LogP contribution >= 0.6 is 0 Å². The SMILES string of the molecule is COC(=O)c1nc(CCO)n2cc(C)ccc12. The van der Waals surface area contributed by atoms with Gasteiger partial charge in [0.2, 0.25) is 0 Å². The van der Waals surface area contributed by atoms with Crippen LogP contribution in [0.3, 0.4) is 0 Å². The highest BCUT2D eigenvalue weighted by atomic mass is 16.5. The molecule has 2 rings (SSSR count). The second-order valence-electron chi connectivity index (χ2n) is 3.80. The van der Waals surface area contributed by atoms with Gasteiger partial charge in [0.25, 0.3) is 0 Å². The molecule has 2 heterocycles. The maximum atomic E-state index is 11.6. The van der Waals surface area contributed by atoms with E-state index in [1.165, 1.54) is 7.11 Å². The normalized spacial score (nSPS) is 10.8. The third kappa shape index (κ3) is 2.01. The zero-order chi connectivity index (χ0) is 12.4. The topological polar surface area (TPSA) is 63.8 Å². The van der Waals surface area contributed by atoms with Crippen molar-refractivity contribution in [1.82, 2.24) is 9.38 Å². The molecule has 5 nitrogen and oxygen atoms in total. The lowest BCUT2D eigenvalue weighted by molar-refractivity contribution is 0.0596. The van der Waals surface area contributed by atoms with Crippen LogP contribution in [0.5, 0.6) is 0 Å². The average molecular weight is 234 g/mol. The number of carbonyl (C=O) groups excluding carboxylic acids is 1. The number of hydrogen-bond donors (Lipinski definition) is 1. The van der Waals surface area contributed by atoms with E-state index in [0.717, 1.165) is 5.56 Å². The molecule has 0 amide bonds. The van der Waals surface area contributed by atoms with Crippen LogP contribution in [0.4, 0.5) is 0 Å². The molecule has 0 aromatic carbocycles. The number of ether oxygens (including phenoxy) is 1. The second kappa shape index (κ2) is 4.55. The van der Waals surface area contributed by atoms with Crippen molar-refractivity contribution in [3.05, 3.63) is 35.4 Å². The molecule has 0 atom stereocenters. The van der Waals surface area contributed by atoms with Gasteiger partial charge in [-0.1, -0.05) is 6.07 Å². The van der Waals surface area contributed by atoms with Gasteiger partial charge in [0.1, 0.15) is 5.82 Å². The first kappa shape index (κ1) is 11.6. The summed E-state index contributed by atoms with van der Waals surface area (Å²) in [4.78, 5) is 15.8. The first-order chi connectivity index (χ1) is 8.17. The van der Waals surface area contributed by atoms with Crippen molar-refractivity contribution in [2.24, 2.45) is 0 Å². The lowest BCUT2D eigenvalue weighted by atomic mass is 10.2. The van der Waals surface area contributed by atoms with E-state index in [4.69, 9.17) is 5.11 Å². The number of methoxy groups -OCH3 is 1. The fraction of sp³-hybridized carbons (Fsp3) is 0.333. The Hall–Kier alpha value is -1.88. The summed E-state index contributed by atoms with van der Waals surface area (Å²) in [7, 11) is 1.33. The molecule has 0 aliphatic heterocycles. The first-order valence-electron chi connectivity index (χ1n) is 5.34. The van der Waals surface area contributed by atoms with E-state index in [-0.39, 0.29) is 12.3 Å². The lowest BCUT2D eigenvalue weighted by Gasteiger charge is -2.00. The van der Waals surface area contributed by atoms with Gasteiger partial charge in [-0.2, -0.15) is 0 Å². The number of aromatic nitrogens is 2. The summed E-state index contributed by atoms with van der Waals surface area (Å²) in [6.45, 7) is 1.95. The van der Waals surface area contributed by atoms with E-state index >= 15 is 0 Å². The number of carbonyl (C=O) groups is 1. The predicted molar refractivity (Wildman–Crippen MR) is 62.1 cm³/mol. The molecule has 5 heteroatoms. The van der Waals surface area contributed by atoms with Crippen LogP contribution in [0.2, 0.25) is 0 Å². The van der Waals surface area contributed by atoms with Crippen LogP contribution in [-0.2, 0) is 11.2 Å². The van der Waals surface area contributed by atoms with E-state index in [1.807, 2.05) is 29.7 Å². The maximum absolute atomic E-state index is 11.6. The Balaban J connectivity index is 2.66. The van der Waals surface area contributed by atoms with Crippen LogP contribution in [0.15, 0.2) is 18.3 Å². The summed E-state index contributed by atoms with van der Waals surface area (Å²) in [5.74, 6) is 0.196. The Kier molecular flexibility index (Phi) is 3.10. The Morgan fingerprint density at radius 1 is 1.53 bits per heavy atom. The Morgan fingerprint density at radius 2 is 2.29 bits per heavy atom. The zero-order valence-electron chi connectivity index (χ0n) is 9.80. The molecule has 0 spiro atoms. The predicted octanol–water partition coefficient (Wildman–Crippen LogP) is 0.964. The summed E-state index contributed by atoms with van der Waals surface area (Å²) < 4.78 is 6.51. The van der Waals surface area contributed by atoms with Crippen LogP contribution in [0, 0.1) is 6.92 Å². The second-order valence-corrected chi connectivity index (χ2v) is 3.80. The van der Waals surface area contributed by atoms with Gasteiger partial charge in [0, 0.05) is 12.6 Å². The van der Waals surface area contributed by atoms with Crippen molar-refractivity contribution >= 4 is 11.5 Å². The van der Waals surface area contributed by atoms with Crippen molar-refractivity contribution in [2.45, 2.75) is 13.3 Å². The van der Waals surface area contributed by atoms with Crippen LogP contribution in [-0.4, -0.2) is 34.2 Å². The highest BCUT2D eigenvalue weighted by Gasteiger charge is 2.17. The Morgan fingerprint density at radius 3 is 2.94 bits per heavy atom. The lowest BCUT2D eigenvalue weighted by Crippen LogP contribution is -2.02. The van der Waals surface area contributed by atoms with E-state index < -0.39 is 5.97 Å². The zero-order valence-corrected chi connectivity index (χ0v) is 9.80. The standard InChI is InChI=1S/C12H14N2O3/c1-8-3-4-9-11(12(16)17-2)13-10(5-6-15)14(9)7-8/h3-4,7,15H,5-6H2,1-2H3. The highest BCUT2D eigenvalue weighted by Crippen LogP contribution is 2.16. The number of hydrogen-bond acceptors (Lipinski definition) is 4. The fourth-order valence-corrected chi connectivity index (χ4v) is 1.78. The number of rotatable bonds is 3. The van der Waals surface area contributed by atoms with Crippen molar-refractivity contribution in [3.8, 4) is 0 Å². The number of esters is 1. The van der Waals surface area contributed by atoms with Crippen LogP contribution < -0.4 is 0 Å². The van der Waals surface area contributed by atoms with Crippen molar-refractivity contribution < 1.29 is 14.6 Å². The molecule has 0 saturated carbocycles. The fourth-order valence-electron chi connectivity index (χ4n) is 1.78. The van der Waals surface area contributed by atoms with Crippen LogP contribution in [0.25, 0.3) is 5.52 Å². The minimum Gasteiger partial charge on any atom is -0.464 e. The smallest absolute Gasteiger partial charge is 0.358 e. The summed E-state index contributed by atoms with van der Waals surface area (Å²) >= 11 is 0. The first-order valence-corrected chi connectivity index (χ1v) is 5.34. The van der Waals surface area contributed by atoms with E-state index in [2.05, 4.69) is 9.72 Å². The van der Waals surface area contributed by atoms with Gasteiger partial charge in [-0.3, -0.25) is 0 Å². The van der Waals surface area contributed by atoms with Crippen LogP contribution in [0.1, 0.15) is 21.9 Å². The summed E-state index contributed by atoms with van der Waals surface area (Å²) in [5.41, 5.74) is 2.05. The number of fused-ring (bicyclic) bond motifs is 1. The number of aliphatic hydroxyl groups is 1. The largest absolute Gasteiger partial charge is 0.464 e. The van der Waals surface area contributed by atoms with E-state index in [1.54, 1.807) is 0 Å².